The van der Waals surface area contributed by atoms with Crippen LogP contribution in [0.5, 0.6) is 0 Å². The Morgan fingerprint density at radius 1 is 1.73 bits per heavy atom. The summed E-state index contributed by atoms with van der Waals surface area (Å²) in [5, 5.41) is 11.7. The lowest BCUT2D eigenvalue weighted by atomic mass is 10.2. The van der Waals surface area contributed by atoms with Crippen molar-refractivity contribution in [3.05, 3.63) is 30.1 Å². The zero-order valence-corrected chi connectivity index (χ0v) is 8.51. The minimum atomic E-state index is -0.916. The van der Waals surface area contributed by atoms with Crippen LogP contribution in [0.4, 0.5) is 0 Å². The minimum absolute atomic E-state index is 0.148. The Labute approximate surface area is 88.1 Å². The van der Waals surface area contributed by atoms with Crippen molar-refractivity contribution in [1.82, 2.24) is 10.3 Å². The van der Waals surface area contributed by atoms with Crippen LogP contribution in [-0.4, -0.2) is 35.8 Å². The van der Waals surface area contributed by atoms with Gasteiger partial charge in [0.1, 0.15) is 6.04 Å². The molecule has 82 valence electrons. The van der Waals surface area contributed by atoms with E-state index in [1.165, 1.54) is 7.11 Å². The molecule has 1 heterocycles. The van der Waals surface area contributed by atoms with Crippen LogP contribution >= 0.6 is 0 Å². The fourth-order valence-corrected chi connectivity index (χ4v) is 1.13. The maximum absolute atomic E-state index is 10.8. The highest BCUT2D eigenvalue weighted by Crippen LogP contribution is 1.96. The monoisotopic (exact) mass is 210 g/mol. The van der Waals surface area contributed by atoms with Crippen LogP contribution in [0.3, 0.4) is 0 Å². The third kappa shape index (κ3) is 4.05. The van der Waals surface area contributed by atoms with Crippen LogP contribution in [0.1, 0.15) is 5.56 Å². The highest BCUT2D eigenvalue weighted by atomic mass is 16.5. The summed E-state index contributed by atoms with van der Waals surface area (Å²) >= 11 is 0. The number of pyridine rings is 1. The molecule has 0 amide bonds. The number of carboxylic acid groups (broad SMARTS) is 1. The molecule has 0 bridgehead atoms. The second-order valence-corrected chi connectivity index (χ2v) is 3.09. The van der Waals surface area contributed by atoms with Crippen molar-refractivity contribution in [3.63, 3.8) is 0 Å². The summed E-state index contributed by atoms with van der Waals surface area (Å²) in [7, 11) is 1.47. The highest BCUT2D eigenvalue weighted by molar-refractivity contribution is 5.73. The molecule has 0 aliphatic rings. The maximum Gasteiger partial charge on any atom is 0.323 e. The molecule has 0 saturated heterocycles. The van der Waals surface area contributed by atoms with Gasteiger partial charge in [-0.1, -0.05) is 6.07 Å². The molecule has 1 unspecified atom stereocenters. The van der Waals surface area contributed by atoms with Crippen LogP contribution in [0.2, 0.25) is 0 Å². The van der Waals surface area contributed by atoms with Crippen LogP contribution in [0.25, 0.3) is 0 Å². The molecule has 0 spiro atoms. The Bertz CT molecular complexity index is 303. The predicted octanol–water partition coefficient (Wildman–Crippen LogP) is 0.271. The summed E-state index contributed by atoms with van der Waals surface area (Å²) in [6.07, 6.45) is 3.37. The molecule has 0 saturated carbocycles. The average molecular weight is 210 g/mol. The molecule has 0 radical (unpaired) electrons. The largest absolute Gasteiger partial charge is 0.480 e. The number of hydrogen-bond acceptors (Lipinski definition) is 4. The minimum Gasteiger partial charge on any atom is -0.480 e. The lowest BCUT2D eigenvalue weighted by Gasteiger charge is -2.12. The molecular formula is C10H14N2O3. The van der Waals surface area contributed by atoms with E-state index in [2.05, 4.69) is 10.3 Å². The lowest BCUT2D eigenvalue weighted by molar-refractivity contribution is -0.140. The van der Waals surface area contributed by atoms with E-state index in [1.54, 1.807) is 12.4 Å². The Kier molecular flexibility index (Phi) is 4.73. The van der Waals surface area contributed by atoms with Gasteiger partial charge in [0.2, 0.25) is 0 Å². The van der Waals surface area contributed by atoms with Gasteiger partial charge in [0, 0.05) is 26.0 Å². The van der Waals surface area contributed by atoms with Gasteiger partial charge >= 0.3 is 5.97 Å². The molecule has 1 rings (SSSR count). The second kappa shape index (κ2) is 6.10. The van der Waals surface area contributed by atoms with Gasteiger partial charge in [-0.15, -0.1) is 0 Å². The number of rotatable bonds is 6. The van der Waals surface area contributed by atoms with E-state index in [0.29, 0.717) is 6.54 Å². The molecule has 1 aromatic rings. The van der Waals surface area contributed by atoms with E-state index in [9.17, 15) is 4.79 Å². The Morgan fingerprint density at radius 2 is 2.53 bits per heavy atom. The van der Waals surface area contributed by atoms with Crippen molar-refractivity contribution >= 4 is 5.97 Å². The topological polar surface area (TPSA) is 71.5 Å². The molecule has 2 N–H and O–H groups in total. The summed E-state index contributed by atoms with van der Waals surface area (Å²) in [5.41, 5.74) is 0.944. The third-order valence-electron chi connectivity index (χ3n) is 1.91. The summed E-state index contributed by atoms with van der Waals surface area (Å²) in [6, 6.07) is 3.00. The summed E-state index contributed by atoms with van der Waals surface area (Å²) < 4.78 is 4.79. The molecule has 5 nitrogen and oxygen atoms in total. The molecule has 5 heteroatoms. The van der Waals surface area contributed by atoms with Crippen molar-refractivity contribution < 1.29 is 14.6 Å². The summed E-state index contributed by atoms with van der Waals surface area (Å²) in [5.74, 6) is -0.916. The smallest absolute Gasteiger partial charge is 0.323 e. The number of aromatic nitrogens is 1. The first-order chi connectivity index (χ1) is 7.24. The first-order valence-electron chi connectivity index (χ1n) is 4.58. The van der Waals surface area contributed by atoms with Gasteiger partial charge in [-0.25, -0.2) is 0 Å². The van der Waals surface area contributed by atoms with Gasteiger partial charge < -0.3 is 9.84 Å². The number of nitrogens with zero attached hydrogens (tertiary/aromatic N) is 1. The fraction of sp³-hybridized carbons (Fsp3) is 0.400. The fourth-order valence-electron chi connectivity index (χ4n) is 1.13. The van der Waals surface area contributed by atoms with Crippen LogP contribution in [-0.2, 0) is 16.1 Å². The Morgan fingerprint density at radius 3 is 3.07 bits per heavy atom. The van der Waals surface area contributed by atoms with Gasteiger partial charge in [0.25, 0.3) is 0 Å². The quantitative estimate of drug-likeness (QED) is 0.705. The number of carbonyl (C=O) groups is 1. The van der Waals surface area contributed by atoms with Crippen LogP contribution in [0, 0.1) is 0 Å². The van der Waals surface area contributed by atoms with E-state index < -0.39 is 12.0 Å². The van der Waals surface area contributed by atoms with Crippen molar-refractivity contribution in [1.29, 1.82) is 0 Å². The SMILES string of the molecule is COCC(NCc1cccnc1)C(=O)O. The number of carboxylic acids is 1. The second-order valence-electron chi connectivity index (χ2n) is 3.09. The van der Waals surface area contributed by atoms with Crippen molar-refractivity contribution in [2.24, 2.45) is 0 Å². The molecule has 15 heavy (non-hydrogen) atoms. The van der Waals surface area contributed by atoms with Gasteiger partial charge in [0.05, 0.1) is 6.61 Å². The molecular weight excluding hydrogens is 196 g/mol. The molecule has 1 aromatic heterocycles. The third-order valence-corrected chi connectivity index (χ3v) is 1.91. The van der Waals surface area contributed by atoms with E-state index in [0.717, 1.165) is 5.56 Å². The zero-order chi connectivity index (χ0) is 11.1. The normalized spacial score (nSPS) is 12.3. The number of nitrogens with one attached hydrogen (secondary N) is 1. The van der Waals surface area contributed by atoms with Gasteiger partial charge in [-0.05, 0) is 11.6 Å². The first kappa shape index (κ1) is 11.6. The number of methoxy groups -OCH3 is 1. The highest BCUT2D eigenvalue weighted by Gasteiger charge is 2.15. The average Bonchev–Trinajstić information content (AvgIpc) is 2.25. The molecule has 0 fully saturated rings. The number of ether oxygens (including phenoxy) is 1. The summed E-state index contributed by atoms with van der Waals surface area (Å²) in [4.78, 5) is 14.7. The van der Waals surface area contributed by atoms with E-state index in [1.807, 2.05) is 12.1 Å². The van der Waals surface area contributed by atoms with Crippen molar-refractivity contribution in [2.45, 2.75) is 12.6 Å². The standard InChI is InChI=1S/C10H14N2O3/c1-15-7-9(10(13)14)12-6-8-3-2-4-11-5-8/h2-5,9,12H,6-7H2,1H3,(H,13,14). The molecule has 0 aliphatic heterocycles. The van der Waals surface area contributed by atoms with Gasteiger partial charge in [-0.3, -0.25) is 15.1 Å². The number of hydrogen-bond donors (Lipinski definition) is 2. The van der Waals surface area contributed by atoms with Gasteiger partial charge in [0.15, 0.2) is 0 Å². The molecule has 1 atom stereocenters. The molecule has 0 aliphatic carbocycles. The predicted molar refractivity (Wildman–Crippen MR) is 54.4 cm³/mol. The van der Waals surface area contributed by atoms with E-state index >= 15 is 0 Å². The van der Waals surface area contributed by atoms with E-state index in [4.69, 9.17) is 9.84 Å². The van der Waals surface area contributed by atoms with Gasteiger partial charge in [-0.2, -0.15) is 0 Å². The van der Waals surface area contributed by atoms with Crippen LogP contribution in [0.15, 0.2) is 24.5 Å². The Balaban J connectivity index is 2.43. The summed E-state index contributed by atoms with van der Waals surface area (Å²) in [6.45, 7) is 0.615. The first-order valence-corrected chi connectivity index (χ1v) is 4.58. The maximum atomic E-state index is 10.8. The van der Waals surface area contributed by atoms with Crippen molar-refractivity contribution in [3.8, 4) is 0 Å². The number of aliphatic carboxylic acids is 1. The van der Waals surface area contributed by atoms with Crippen LogP contribution < -0.4 is 5.32 Å². The molecule has 0 aromatic carbocycles. The van der Waals surface area contributed by atoms with E-state index in [-0.39, 0.29) is 6.61 Å². The van der Waals surface area contributed by atoms with Crippen molar-refractivity contribution in [2.75, 3.05) is 13.7 Å². The zero-order valence-electron chi connectivity index (χ0n) is 8.51. The Hall–Kier alpha value is -1.46. The lowest BCUT2D eigenvalue weighted by Crippen LogP contribution is -2.39.